The summed E-state index contributed by atoms with van der Waals surface area (Å²) in [5, 5.41) is 3.28. The Morgan fingerprint density at radius 3 is 2.86 bits per heavy atom. The number of nitrogens with one attached hydrogen (secondary N) is 1. The monoisotopic (exact) mass is 314 g/mol. The third kappa shape index (κ3) is 3.81. The average molecular weight is 314 g/mol. The molecule has 1 heterocycles. The van der Waals surface area contributed by atoms with Gasteiger partial charge in [0.15, 0.2) is 0 Å². The Bertz CT molecular complexity index is 589. The second-order valence-electron chi connectivity index (χ2n) is 5.59. The third-order valence-electron chi connectivity index (χ3n) is 3.92. The van der Waals surface area contributed by atoms with Crippen LogP contribution in [0.1, 0.15) is 25.3 Å². The van der Waals surface area contributed by atoms with E-state index in [1.165, 1.54) is 18.2 Å². The van der Waals surface area contributed by atoms with Crippen LogP contribution in [-0.4, -0.2) is 38.9 Å². The number of sulfonamides is 1. The van der Waals surface area contributed by atoms with E-state index in [2.05, 4.69) is 5.32 Å². The summed E-state index contributed by atoms with van der Waals surface area (Å²) in [7, 11) is -3.53. The first-order valence-corrected chi connectivity index (χ1v) is 8.86. The molecular weight excluding hydrogens is 291 g/mol. The van der Waals surface area contributed by atoms with Gasteiger partial charge < -0.3 is 5.32 Å². The highest BCUT2D eigenvalue weighted by atomic mass is 32.2. The molecule has 1 aromatic carbocycles. The fourth-order valence-electron chi connectivity index (χ4n) is 2.80. The van der Waals surface area contributed by atoms with Gasteiger partial charge in [-0.1, -0.05) is 6.92 Å². The highest BCUT2D eigenvalue weighted by Gasteiger charge is 2.31. The molecule has 118 valence electrons. The molecule has 1 N–H and O–H groups in total. The number of benzene rings is 1. The maximum atomic E-state index is 13.2. The number of rotatable bonds is 5. The van der Waals surface area contributed by atoms with Crippen molar-refractivity contribution in [3.63, 3.8) is 0 Å². The molecule has 2 rings (SSSR count). The third-order valence-corrected chi connectivity index (χ3v) is 5.94. The van der Waals surface area contributed by atoms with Gasteiger partial charge in [0, 0.05) is 13.1 Å². The van der Waals surface area contributed by atoms with Crippen LogP contribution in [0.5, 0.6) is 0 Å². The topological polar surface area (TPSA) is 49.4 Å². The predicted octanol–water partition coefficient (Wildman–Crippen LogP) is 2.14. The maximum absolute atomic E-state index is 13.2. The molecular formula is C15H23FN2O2S. The van der Waals surface area contributed by atoms with E-state index in [0.717, 1.165) is 25.9 Å². The molecule has 0 aliphatic carbocycles. The van der Waals surface area contributed by atoms with Gasteiger partial charge in [0.25, 0.3) is 0 Å². The molecule has 0 bridgehead atoms. The van der Waals surface area contributed by atoms with Gasteiger partial charge in [-0.2, -0.15) is 4.31 Å². The smallest absolute Gasteiger partial charge is 0.243 e. The Balaban J connectivity index is 2.18. The molecule has 0 saturated carbocycles. The van der Waals surface area contributed by atoms with Gasteiger partial charge in [0.2, 0.25) is 10.0 Å². The van der Waals surface area contributed by atoms with E-state index in [9.17, 15) is 12.8 Å². The molecule has 0 spiro atoms. The summed E-state index contributed by atoms with van der Waals surface area (Å²) < 4.78 is 40.1. The van der Waals surface area contributed by atoms with E-state index in [1.54, 1.807) is 11.2 Å². The number of hydrogen-bond acceptors (Lipinski definition) is 3. The fourth-order valence-corrected chi connectivity index (χ4v) is 4.56. The second kappa shape index (κ2) is 6.85. The summed E-state index contributed by atoms with van der Waals surface area (Å²) in [6.07, 6.45) is 1.91. The lowest BCUT2D eigenvalue weighted by molar-refractivity contribution is 0.261. The van der Waals surface area contributed by atoms with Crippen LogP contribution in [-0.2, 0) is 10.0 Å². The molecule has 6 heteroatoms. The van der Waals surface area contributed by atoms with Gasteiger partial charge in [-0.15, -0.1) is 0 Å². The SMILES string of the molecule is CCNCC1CCCN(S(=O)(=O)c2ccc(F)cc2C)C1. The van der Waals surface area contributed by atoms with Crippen LogP contribution in [0.3, 0.4) is 0 Å². The molecule has 1 atom stereocenters. The minimum atomic E-state index is -3.53. The van der Waals surface area contributed by atoms with Crippen molar-refractivity contribution in [2.45, 2.75) is 31.6 Å². The molecule has 1 aliphatic rings. The van der Waals surface area contributed by atoms with Crippen molar-refractivity contribution in [3.05, 3.63) is 29.6 Å². The molecule has 21 heavy (non-hydrogen) atoms. The zero-order valence-electron chi connectivity index (χ0n) is 12.6. The average Bonchev–Trinajstić information content (AvgIpc) is 2.45. The normalized spacial score (nSPS) is 20.6. The molecule has 0 amide bonds. The predicted molar refractivity (Wildman–Crippen MR) is 81.2 cm³/mol. The van der Waals surface area contributed by atoms with Crippen LogP contribution in [0, 0.1) is 18.7 Å². The Morgan fingerprint density at radius 2 is 2.19 bits per heavy atom. The van der Waals surface area contributed by atoms with Crippen molar-refractivity contribution < 1.29 is 12.8 Å². The van der Waals surface area contributed by atoms with Crippen LogP contribution in [0.4, 0.5) is 4.39 Å². The standard InChI is InChI=1S/C15H23FN2O2S/c1-3-17-10-13-5-4-8-18(11-13)21(19,20)15-7-6-14(16)9-12(15)2/h6-7,9,13,17H,3-5,8,10-11H2,1-2H3. The summed E-state index contributed by atoms with van der Waals surface area (Å²) >= 11 is 0. The van der Waals surface area contributed by atoms with Crippen LogP contribution in [0.2, 0.25) is 0 Å². The summed E-state index contributed by atoms with van der Waals surface area (Å²) in [6.45, 7) is 6.48. The van der Waals surface area contributed by atoms with E-state index in [4.69, 9.17) is 0 Å². The van der Waals surface area contributed by atoms with Crippen molar-refractivity contribution in [2.24, 2.45) is 5.92 Å². The quantitative estimate of drug-likeness (QED) is 0.906. The van der Waals surface area contributed by atoms with E-state index >= 15 is 0 Å². The Morgan fingerprint density at radius 1 is 1.43 bits per heavy atom. The lowest BCUT2D eigenvalue weighted by Gasteiger charge is -2.32. The molecule has 1 aromatic rings. The van der Waals surface area contributed by atoms with Gasteiger partial charge in [-0.05, 0) is 62.5 Å². The Kier molecular flexibility index (Phi) is 5.35. The number of piperidine rings is 1. The zero-order valence-corrected chi connectivity index (χ0v) is 13.4. The van der Waals surface area contributed by atoms with Crippen LogP contribution >= 0.6 is 0 Å². The van der Waals surface area contributed by atoms with Gasteiger partial charge in [0.05, 0.1) is 4.90 Å². The molecule has 1 aliphatic heterocycles. The second-order valence-corrected chi connectivity index (χ2v) is 7.50. The highest BCUT2D eigenvalue weighted by molar-refractivity contribution is 7.89. The van der Waals surface area contributed by atoms with Crippen LogP contribution in [0.25, 0.3) is 0 Å². The first kappa shape index (κ1) is 16.4. The molecule has 1 saturated heterocycles. The van der Waals surface area contributed by atoms with Gasteiger partial charge in [-0.3, -0.25) is 0 Å². The molecule has 0 radical (unpaired) electrons. The maximum Gasteiger partial charge on any atom is 0.243 e. The minimum absolute atomic E-state index is 0.216. The number of hydrogen-bond donors (Lipinski definition) is 1. The van der Waals surface area contributed by atoms with Crippen molar-refractivity contribution >= 4 is 10.0 Å². The van der Waals surface area contributed by atoms with Gasteiger partial charge >= 0.3 is 0 Å². The summed E-state index contributed by atoms with van der Waals surface area (Å²) in [4.78, 5) is 0.216. The molecule has 1 fully saturated rings. The summed E-state index contributed by atoms with van der Waals surface area (Å²) in [5.74, 6) is -0.0654. The molecule has 1 unspecified atom stereocenters. The van der Waals surface area contributed by atoms with Crippen molar-refractivity contribution in [3.8, 4) is 0 Å². The number of halogens is 1. The lowest BCUT2D eigenvalue weighted by Crippen LogP contribution is -2.43. The first-order chi connectivity index (χ1) is 9.95. The van der Waals surface area contributed by atoms with Crippen LogP contribution < -0.4 is 5.32 Å². The summed E-state index contributed by atoms with van der Waals surface area (Å²) in [6, 6.07) is 3.85. The lowest BCUT2D eigenvalue weighted by atomic mass is 10.00. The summed E-state index contributed by atoms with van der Waals surface area (Å²) in [5.41, 5.74) is 0.462. The molecule has 4 nitrogen and oxygen atoms in total. The first-order valence-electron chi connectivity index (χ1n) is 7.42. The largest absolute Gasteiger partial charge is 0.317 e. The fraction of sp³-hybridized carbons (Fsp3) is 0.600. The minimum Gasteiger partial charge on any atom is -0.317 e. The van der Waals surface area contributed by atoms with Gasteiger partial charge in [0.1, 0.15) is 5.82 Å². The Labute approximate surface area is 126 Å². The van der Waals surface area contributed by atoms with Crippen molar-refractivity contribution in [2.75, 3.05) is 26.2 Å². The van der Waals surface area contributed by atoms with E-state index < -0.39 is 15.8 Å². The zero-order chi connectivity index (χ0) is 15.5. The van der Waals surface area contributed by atoms with Crippen LogP contribution in [0.15, 0.2) is 23.1 Å². The van der Waals surface area contributed by atoms with E-state index in [-0.39, 0.29) is 4.90 Å². The Hall–Kier alpha value is -0.980. The van der Waals surface area contributed by atoms with E-state index in [0.29, 0.717) is 24.6 Å². The van der Waals surface area contributed by atoms with Crippen molar-refractivity contribution in [1.82, 2.24) is 9.62 Å². The highest BCUT2D eigenvalue weighted by Crippen LogP contribution is 2.25. The number of nitrogens with zero attached hydrogens (tertiary/aromatic N) is 1. The van der Waals surface area contributed by atoms with Crippen molar-refractivity contribution in [1.29, 1.82) is 0 Å². The van der Waals surface area contributed by atoms with E-state index in [1.807, 2.05) is 6.92 Å². The molecule has 0 aromatic heterocycles. The number of aryl methyl sites for hydroxylation is 1. The van der Waals surface area contributed by atoms with Gasteiger partial charge in [-0.25, -0.2) is 12.8 Å².